The SMILES string of the molecule is CCCSc1nnc(NC(=O)[C@@H](C)Oc2ccc(Cl)c(C)c2)s1. The summed E-state index contributed by atoms with van der Waals surface area (Å²) in [7, 11) is 0. The van der Waals surface area contributed by atoms with Crippen molar-refractivity contribution in [2.24, 2.45) is 0 Å². The van der Waals surface area contributed by atoms with Crippen LogP contribution in [0.5, 0.6) is 5.75 Å². The summed E-state index contributed by atoms with van der Waals surface area (Å²) in [6.07, 6.45) is 0.420. The molecule has 5 nitrogen and oxygen atoms in total. The molecule has 1 aromatic heterocycles. The number of nitrogens with one attached hydrogen (secondary N) is 1. The second-order valence-corrected chi connectivity index (χ2v) is 7.61. The fourth-order valence-corrected chi connectivity index (χ4v) is 3.46. The highest BCUT2D eigenvalue weighted by Crippen LogP contribution is 2.26. The van der Waals surface area contributed by atoms with Gasteiger partial charge in [-0.25, -0.2) is 0 Å². The Bertz CT molecular complexity index is 678. The molecule has 0 saturated carbocycles. The van der Waals surface area contributed by atoms with Crippen molar-refractivity contribution in [3.05, 3.63) is 28.8 Å². The van der Waals surface area contributed by atoms with Crippen LogP contribution in [-0.4, -0.2) is 28.0 Å². The van der Waals surface area contributed by atoms with Crippen molar-refractivity contribution in [1.82, 2.24) is 10.2 Å². The molecule has 1 atom stereocenters. The average Bonchev–Trinajstić information content (AvgIpc) is 2.96. The first kappa shape index (κ1) is 18.0. The van der Waals surface area contributed by atoms with Crippen molar-refractivity contribution in [2.45, 2.75) is 37.6 Å². The first-order valence-electron chi connectivity index (χ1n) is 7.19. The number of halogens is 1. The van der Waals surface area contributed by atoms with E-state index in [2.05, 4.69) is 22.4 Å². The van der Waals surface area contributed by atoms with Gasteiger partial charge >= 0.3 is 0 Å². The standard InChI is InChI=1S/C15H18ClN3O2S2/c1-4-7-22-15-19-18-14(23-15)17-13(20)10(3)21-11-5-6-12(16)9(2)8-11/h5-6,8,10H,4,7H2,1-3H3,(H,17,18,20)/t10-/m1/s1. The normalized spacial score (nSPS) is 12.0. The van der Waals surface area contributed by atoms with Crippen molar-refractivity contribution in [2.75, 3.05) is 11.1 Å². The summed E-state index contributed by atoms with van der Waals surface area (Å²) in [5.41, 5.74) is 0.901. The molecular formula is C15H18ClN3O2S2. The van der Waals surface area contributed by atoms with E-state index < -0.39 is 6.10 Å². The maximum absolute atomic E-state index is 12.2. The maximum atomic E-state index is 12.2. The van der Waals surface area contributed by atoms with Gasteiger partial charge in [0.15, 0.2) is 10.4 Å². The summed E-state index contributed by atoms with van der Waals surface area (Å²) in [6.45, 7) is 5.68. The van der Waals surface area contributed by atoms with Gasteiger partial charge in [0.25, 0.3) is 5.91 Å². The van der Waals surface area contributed by atoms with Gasteiger partial charge < -0.3 is 4.74 Å². The van der Waals surface area contributed by atoms with Crippen LogP contribution in [0.2, 0.25) is 5.02 Å². The van der Waals surface area contributed by atoms with Gasteiger partial charge in [-0.05, 0) is 44.0 Å². The fourth-order valence-electron chi connectivity index (χ4n) is 1.66. The molecule has 0 unspecified atom stereocenters. The number of aromatic nitrogens is 2. The molecule has 0 radical (unpaired) electrons. The molecule has 0 spiro atoms. The smallest absolute Gasteiger partial charge is 0.266 e. The van der Waals surface area contributed by atoms with Crippen LogP contribution in [0.4, 0.5) is 5.13 Å². The molecule has 0 bridgehead atoms. The van der Waals surface area contributed by atoms with Gasteiger partial charge in [-0.2, -0.15) is 0 Å². The van der Waals surface area contributed by atoms with Crippen LogP contribution in [-0.2, 0) is 4.79 Å². The summed E-state index contributed by atoms with van der Waals surface area (Å²) in [5.74, 6) is 1.32. The number of hydrogen-bond donors (Lipinski definition) is 1. The molecule has 23 heavy (non-hydrogen) atoms. The zero-order valence-corrected chi connectivity index (χ0v) is 15.5. The van der Waals surface area contributed by atoms with Crippen molar-refractivity contribution >= 4 is 45.7 Å². The Balaban J connectivity index is 1.91. The number of ether oxygens (including phenoxy) is 1. The van der Waals surface area contributed by atoms with Crippen molar-refractivity contribution < 1.29 is 9.53 Å². The zero-order chi connectivity index (χ0) is 16.8. The van der Waals surface area contributed by atoms with Crippen LogP contribution < -0.4 is 10.1 Å². The number of rotatable bonds is 7. The quantitative estimate of drug-likeness (QED) is 0.577. The highest BCUT2D eigenvalue weighted by molar-refractivity contribution is 8.01. The number of benzene rings is 1. The number of carbonyl (C=O) groups excluding carboxylic acids is 1. The van der Waals surface area contributed by atoms with Crippen LogP contribution in [0.25, 0.3) is 0 Å². The number of thioether (sulfide) groups is 1. The van der Waals surface area contributed by atoms with Crippen molar-refractivity contribution in [1.29, 1.82) is 0 Å². The van der Waals surface area contributed by atoms with Crippen LogP contribution in [0.1, 0.15) is 25.8 Å². The number of anilines is 1. The van der Waals surface area contributed by atoms with E-state index in [0.29, 0.717) is 15.9 Å². The van der Waals surface area contributed by atoms with Gasteiger partial charge in [0, 0.05) is 10.8 Å². The van der Waals surface area contributed by atoms with Crippen LogP contribution >= 0.6 is 34.7 Å². The van der Waals surface area contributed by atoms with E-state index >= 15 is 0 Å². The van der Waals surface area contributed by atoms with E-state index in [0.717, 1.165) is 22.1 Å². The molecule has 124 valence electrons. The number of amides is 1. The van der Waals surface area contributed by atoms with E-state index in [4.69, 9.17) is 16.3 Å². The number of carbonyl (C=O) groups is 1. The van der Waals surface area contributed by atoms with Gasteiger partial charge in [0.1, 0.15) is 5.75 Å². The first-order valence-corrected chi connectivity index (χ1v) is 9.37. The first-order chi connectivity index (χ1) is 11.0. The second-order valence-electron chi connectivity index (χ2n) is 4.88. The van der Waals surface area contributed by atoms with Crippen LogP contribution in [0.15, 0.2) is 22.5 Å². The van der Waals surface area contributed by atoms with Gasteiger partial charge in [-0.1, -0.05) is 41.6 Å². The minimum absolute atomic E-state index is 0.263. The summed E-state index contributed by atoms with van der Waals surface area (Å²) >= 11 is 8.97. The average molecular weight is 372 g/mol. The Morgan fingerprint density at radius 1 is 1.48 bits per heavy atom. The van der Waals surface area contributed by atoms with E-state index in [1.165, 1.54) is 11.3 Å². The third-order valence-corrected chi connectivity index (χ3v) is 5.48. The third-order valence-electron chi connectivity index (χ3n) is 2.88. The predicted octanol–water partition coefficient (Wildman–Crippen LogP) is 4.41. The molecule has 1 heterocycles. The lowest BCUT2D eigenvalue weighted by atomic mass is 10.2. The van der Waals surface area contributed by atoms with Gasteiger partial charge in [0.2, 0.25) is 5.13 Å². The van der Waals surface area contributed by atoms with Gasteiger partial charge in [0.05, 0.1) is 0 Å². The summed E-state index contributed by atoms with van der Waals surface area (Å²) in [6, 6.07) is 5.29. The molecule has 2 rings (SSSR count). The Morgan fingerprint density at radius 3 is 2.96 bits per heavy atom. The fraction of sp³-hybridized carbons (Fsp3) is 0.400. The molecular weight excluding hydrogens is 354 g/mol. The minimum atomic E-state index is -0.647. The molecule has 1 amide bonds. The topological polar surface area (TPSA) is 64.1 Å². The highest BCUT2D eigenvalue weighted by Gasteiger charge is 2.17. The van der Waals surface area contributed by atoms with Gasteiger partial charge in [-0.3, -0.25) is 10.1 Å². The lowest BCUT2D eigenvalue weighted by Crippen LogP contribution is -2.30. The summed E-state index contributed by atoms with van der Waals surface area (Å²) in [5, 5.41) is 11.9. The molecule has 1 N–H and O–H groups in total. The Labute approximate surface area is 148 Å². The molecule has 2 aromatic rings. The maximum Gasteiger partial charge on any atom is 0.266 e. The highest BCUT2D eigenvalue weighted by atomic mass is 35.5. The lowest BCUT2D eigenvalue weighted by molar-refractivity contribution is -0.122. The largest absolute Gasteiger partial charge is 0.481 e. The molecule has 0 aliphatic carbocycles. The van der Waals surface area contributed by atoms with Crippen LogP contribution in [0.3, 0.4) is 0 Å². The Kier molecular flexibility index (Phi) is 6.68. The molecule has 8 heteroatoms. The third kappa shape index (κ3) is 5.37. The van der Waals surface area contributed by atoms with Crippen LogP contribution in [0, 0.1) is 6.92 Å². The molecule has 0 saturated heterocycles. The van der Waals surface area contributed by atoms with E-state index in [1.54, 1.807) is 36.9 Å². The summed E-state index contributed by atoms with van der Waals surface area (Å²) in [4.78, 5) is 12.2. The Morgan fingerprint density at radius 2 is 2.26 bits per heavy atom. The monoisotopic (exact) mass is 371 g/mol. The number of hydrogen-bond acceptors (Lipinski definition) is 6. The predicted molar refractivity (Wildman–Crippen MR) is 95.8 cm³/mol. The molecule has 0 aliphatic rings. The second kappa shape index (κ2) is 8.52. The molecule has 1 aromatic carbocycles. The molecule has 0 aliphatic heterocycles. The van der Waals surface area contributed by atoms with E-state index in [9.17, 15) is 4.79 Å². The lowest BCUT2D eigenvalue weighted by Gasteiger charge is -2.14. The Hall–Kier alpha value is -1.31. The van der Waals surface area contributed by atoms with E-state index in [-0.39, 0.29) is 5.91 Å². The summed E-state index contributed by atoms with van der Waals surface area (Å²) < 4.78 is 6.49. The van der Waals surface area contributed by atoms with Gasteiger partial charge in [-0.15, -0.1) is 10.2 Å². The van der Waals surface area contributed by atoms with Crippen molar-refractivity contribution in [3.8, 4) is 5.75 Å². The van der Waals surface area contributed by atoms with E-state index in [1.807, 2.05) is 6.92 Å². The molecule has 0 fully saturated rings. The zero-order valence-electron chi connectivity index (χ0n) is 13.1. The minimum Gasteiger partial charge on any atom is -0.481 e. The number of nitrogens with zero attached hydrogens (tertiary/aromatic N) is 2. The van der Waals surface area contributed by atoms with Crippen molar-refractivity contribution in [3.63, 3.8) is 0 Å². The number of aryl methyl sites for hydroxylation is 1.